The van der Waals surface area contributed by atoms with Gasteiger partial charge in [0.15, 0.2) is 23.0 Å². The summed E-state index contributed by atoms with van der Waals surface area (Å²) in [4.78, 5) is 4.77. The number of methoxy groups -OCH3 is 2. The van der Waals surface area contributed by atoms with E-state index in [-0.39, 0.29) is 25.3 Å². The van der Waals surface area contributed by atoms with E-state index in [1.54, 1.807) is 14.2 Å². The predicted molar refractivity (Wildman–Crippen MR) is 209 cm³/mol. The summed E-state index contributed by atoms with van der Waals surface area (Å²) in [5.41, 5.74) is 7.58. The Morgan fingerprint density at radius 1 is 0.796 bits per heavy atom. The molecule has 0 radical (unpaired) electrons. The first-order valence-corrected chi connectivity index (χ1v) is 19.6. The van der Waals surface area contributed by atoms with Crippen LogP contribution in [-0.4, -0.2) is 74.1 Å². The van der Waals surface area contributed by atoms with Crippen LogP contribution in [0.3, 0.4) is 0 Å². The summed E-state index contributed by atoms with van der Waals surface area (Å²) in [5, 5.41) is 21.9. The summed E-state index contributed by atoms with van der Waals surface area (Å²) in [6, 6.07) is 20.9. The molecule has 1 fully saturated rings. The smallest absolute Gasteiger partial charge is 0.204 e. The Hall–Kier alpha value is -4.28. The average Bonchev–Trinajstić information content (AvgIpc) is 4.01. The van der Waals surface area contributed by atoms with Crippen molar-refractivity contribution < 1.29 is 33.9 Å². The molecule has 0 amide bonds. The van der Waals surface area contributed by atoms with Crippen LogP contribution in [0.4, 0.5) is 0 Å². The summed E-state index contributed by atoms with van der Waals surface area (Å²) in [6.07, 6.45) is 7.97. The Kier molecular flexibility index (Phi) is 10.8. The highest BCUT2D eigenvalue weighted by atomic mass is 16.5. The van der Waals surface area contributed by atoms with E-state index in [0.29, 0.717) is 47.3 Å². The molecule has 9 rings (SSSR count). The molecular formula is C45H54N2O7. The van der Waals surface area contributed by atoms with Crippen LogP contribution in [-0.2, 0) is 32.3 Å². The first kappa shape index (κ1) is 36.7. The van der Waals surface area contributed by atoms with Crippen molar-refractivity contribution in [3.8, 4) is 40.2 Å². The van der Waals surface area contributed by atoms with Crippen molar-refractivity contribution in [2.45, 2.75) is 82.6 Å². The maximum atomic E-state index is 11.1. The van der Waals surface area contributed by atoms with E-state index in [4.69, 9.17) is 23.7 Å². The highest BCUT2D eigenvalue weighted by molar-refractivity contribution is 5.63. The molecule has 1 aliphatic carbocycles. The van der Waals surface area contributed by atoms with Crippen molar-refractivity contribution in [2.75, 3.05) is 48.0 Å². The van der Waals surface area contributed by atoms with E-state index in [0.717, 1.165) is 79.1 Å². The van der Waals surface area contributed by atoms with Gasteiger partial charge in [0, 0.05) is 36.3 Å². The van der Waals surface area contributed by atoms with E-state index in [1.807, 2.05) is 18.2 Å². The van der Waals surface area contributed by atoms with Crippen LogP contribution >= 0.6 is 0 Å². The number of aliphatic hydroxyl groups excluding tert-OH is 2. The van der Waals surface area contributed by atoms with E-state index < -0.39 is 6.10 Å². The topological polar surface area (TPSA) is 93.1 Å². The lowest BCUT2D eigenvalue weighted by Gasteiger charge is -2.38. The highest BCUT2D eigenvalue weighted by Crippen LogP contribution is 2.51. The zero-order valence-electron chi connectivity index (χ0n) is 32.1. The standard InChI is InChI=1S/C45H54N2O7/c1-46-18-16-31-23-33(26-48)40-25-36(31)37(46)20-29-10-13-35(14-11-29)53-41-22-30(12-15-39(41)50-3)21-38-43-32(17-19-47(38)2)24-42(51-4)44(45(43)54-40)52-27-34(49)7-5-6-28-8-9-28/h10-15,22-25,28,34,37-38,48-49H,5-9,16-21,26-27H2,1-4H3/t34?,37-,38-/m0/s1. The van der Waals surface area contributed by atoms with Crippen LogP contribution in [0.1, 0.15) is 83.1 Å². The molecule has 1 unspecified atom stereocenters. The first-order chi connectivity index (χ1) is 26.3. The zero-order chi connectivity index (χ0) is 37.3. The molecule has 0 spiro atoms. The molecule has 286 valence electrons. The van der Waals surface area contributed by atoms with Gasteiger partial charge in [-0.2, -0.15) is 0 Å². The quantitative estimate of drug-likeness (QED) is 0.168. The molecule has 4 aliphatic heterocycles. The number of hydrogen-bond donors (Lipinski definition) is 2. The van der Waals surface area contributed by atoms with Crippen molar-refractivity contribution in [2.24, 2.45) is 5.92 Å². The molecule has 3 atom stereocenters. The van der Waals surface area contributed by atoms with Crippen LogP contribution in [0.2, 0.25) is 0 Å². The average molecular weight is 735 g/mol. The lowest BCUT2D eigenvalue weighted by molar-refractivity contribution is 0.0939. The molecule has 4 aromatic rings. The van der Waals surface area contributed by atoms with Gasteiger partial charge in [0.1, 0.15) is 18.1 Å². The monoisotopic (exact) mass is 734 g/mol. The van der Waals surface area contributed by atoms with Gasteiger partial charge in [-0.1, -0.05) is 43.9 Å². The third kappa shape index (κ3) is 7.65. The minimum Gasteiger partial charge on any atom is -0.493 e. The summed E-state index contributed by atoms with van der Waals surface area (Å²) in [6.45, 7) is 1.72. The highest BCUT2D eigenvalue weighted by Gasteiger charge is 2.35. The molecule has 54 heavy (non-hydrogen) atoms. The number of ether oxygens (including phenoxy) is 5. The minimum atomic E-state index is -0.617. The van der Waals surface area contributed by atoms with Gasteiger partial charge in [0.05, 0.1) is 26.9 Å². The van der Waals surface area contributed by atoms with Gasteiger partial charge in [-0.25, -0.2) is 0 Å². The van der Waals surface area contributed by atoms with Gasteiger partial charge in [0.2, 0.25) is 5.75 Å². The largest absolute Gasteiger partial charge is 0.493 e. The third-order valence-corrected chi connectivity index (χ3v) is 12.0. The van der Waals surface area contributed by atoms with Crippen LogP contribution in [0.5, 0.6) is 40.2 Å². The molecule has 0 saturated heterocycles. The number of benzene rings is 4. The van der Waals surface area contributed by atoms with Gasteiger partial charge in [-0.3, -0.25) is 9.80 Å². The van der Waals surface area contributed by atoms with Crippen molar-refractivity contribution in [1.82, 2.24) is 9.80 Å². The van der Waals surface area contributed by atoms with Gasteiger partial charge in [0.25, 0.3) is 0 Å². The molecular weight excluding hydrogens is 681 g/mol. The Morgan fingerprint density at radius 2 is 1.52 bits per heavy atom. The van der Waals surface area contributed by atoms with Gasteiger partial charge >= 0.3 is 0 Å². The maximum absolute atomic E-state index is 11.1. The summed E-state index contributed by atoms with van der Waals surface area (Å²) in [7, 11) is 7.66. The van der Waals surface area contributed by atoms with E-state index in [9.17, 15) is 10.2 Å². The molecule has 4 aromatic carbocycles. The minimum absolute atomic E-state index is 0.0889. The van der Waals surface area contributed by atoms with E-state index in [2.05, 4.69) is 66.4 Å². The third-order valence-electron chi connectivity index (χ3n) is 12.0. The second kappa shape index (κ2) is 15.8. The molecule has 5 aliphatic rings. The molecule has 9 heteroatoms. The second-order valence-electron chi connectivity index (χ2n) is 15.7. The second-order valence-corrected chi connectivity index (χ2v) is 15.7. The maximum Gasteiger partial charge on any atom is 0.204 e. The molecule has 9 nitrogen and oxygen atoms in total. The van der Waals surface area contributed by atoms with Crippen LogP contribution in [0, 0.1) is 5.92 Å². The van der Waals surface area contributed by atoms with Gasteiger partial charge in [-0.05, 0) is 122 Å². The lowest BCUT2D eigenvalue weighted by Crippen LogP contribution is -2.34. The molecule has 6 bridgehead atoms. The van der Waals surface area contributed by atoms with E-state index >= 15 is 0 Å². The van der Waals surface area contributed by atoms with Gasteiger partial charge in [-0.15, -0.1) is 0 Å². The van der Waals surface area contributed by atoms with E-state index in [1.165, 1.54) is 29.5 Å². The van der Waals surface area contributed by atoms with Crippen LogP contribution < -0.4 is 23.7 Å². The predicted octanol–water partition coefficient (Wildman–Crippen LogP) is 7.96. The SMILES string of the molecule is COc1ccc2cc1Oc1ccc(cc1)C[C@H]1c3cc(c(CO)cc3CCN1C)Oc1c(OCC(O)CCCC3CC3)c(OC)cc3c1[C@H](C2)N(C)CC3. The fourth-order valence-electron chi connectivity index (χ4n) is 8.58. The number of fused-ring (bicyclic) bond motifs is 2. The Labute approximate surface area is 319 Å². The molecule has 4 heterocycles. The van der Waals surface area contributed by atoms with Crippen molar-refractivity contribution in [3.05, 3.63) is 99.6 Å². The van der Waals surface area contributed by atoms with Gasteiger partial charge < -0.3 is 33.9 Å². The van der Waals surface area contributed by atoms with Crippen LogP contribution in [0.15, 0.2) is 60.7 Å². The van der Waals surface area contributed by atoms with Crippen molar-refractivity contribution in [1.29, 1.82) is 0 Å². The van der Waals surface area contributed by atoms with Crippen molar-refractivity contribution in [3.63, 3.8) is 0 Å². The molecule has 0 aromatic heterocycles. The lowest BCUT2D eigenvalue weighted by atomic mass is 9.86. The fraction of sp³-hybridized carbons (Fsp3) is 0.467. The summed E-state index contributed by atoms with van der Waals surface area (Å²) in [5.74, 6) is 5.12. The molecule has 2 N–H and O–H groups in total. The number of hydrogen-bond acceptors (Lipinski definition) is 9. The number of aliphatic hydroxyl groups is 2. The number of nitrogens with zero attached hydrogens (tertiary/aromatic N) is 2. The Bertz CT molecular complexity index is 1960. The molecule has 1 saturated carbocycles. The number of rotatable bonds is 10. The van der Waals surface area contributed by atoms with Crippen molar-refractivity contribution >= 4 is 0 Å². The van der Waals surface area contributed by atoms with Crippen LogP contribution in [0.25, 0.3) is 0 Å². The first-order valence-electron chi connectivity index (χ1n) is 19.6. The fourth-order valence-corrected chi connectivity index (χ4v) is 8.58. The number of likely N-dealkylation sites (N-methyl/N-ethyl adjacent to an activating group) is 2. The Balaban J connectivity index is 1.28. The zero-order valence-corrected chi connectivity index (χ0v) is 32.1. The Morgan fingerprint density at radius 3 is 2.26 bits per heavy atom. The normalized spacial score (nSPS) is 20.2. The summed E-state index contributed by atoms with van der Waals surface area (Å²) < 4.78 is 32.1. The summed E-state index contributed by atoms with van der Waals surface area (Å²) >= 11 is 0.